The molecule has 0 aliphatic carbocycles. The van der Waals surface area contributed by atoms with Crippen LogP contribution in [0.5, 0.6) is 11.6 Å². The van der Waals surface area contributed by atoms with E-state index in [1.165, 1.54) is 11.1 Å². The van der Waals surface area contributed by atoms with E-state index in [1.54, 1.807) is 13.3 Å². The molecule has 4 rings (SSSR count). The zero-order chi connectivity index (χ0) is 17.2. The fourth-order valence-corrected chi connectivity index (χ4v) is 2.98. The van der Waals surface area contributed by atoms with Gasteiger partial charge in [-0.3, -0.25) is 0 Å². The molecule has 6 heteroatoms. The summed E-state index contributed by atoms with van der Waals surface area (Å²) in [7, 11) is 1.59. The lowest BCUT2D eigenvalue weighted by Gasteiger charge is -2.23. The van der Waals surface area contributed by atoms with E-state index in [9.17, 15) is 0 Å². The summed E-state index contributed by atoms with van der Waals surface area (Å²) in [5, 5.41) is 4.07. The molecular formula is C19H19N3O3. The Morgan fingerprint density at radius 1 is 1.24 bits per heavy atom. The summed E-state index contributed by atoms with van der Waals surface area (Å²) in [6.45, 7) is 2.09. The normalized spacial score (nSPS) is 16.2. The predicted octanol–water partition coefficient (Wildman–Crippen LogP) is 3.44. The maximum Gasteiger partial charge on any atom is 0.267 e. The van der Waals surface area contributed by atoms with Crippen LogP contribution in [0, 0.1) is 6.92 Å². The fourth-order valence-electron chi connectivity index (χ4n) is 2.98. The Labute approximate surface area is 145 Å². The van der Waals surface area contributed by atoms with Gasteiger partial charge in [0.05, 0.1) is 7.11 Å². The number of benzene rings is 1. The molecule has 1 atom stereocenters. The van der Waals surface area contributed by atoms with Crippen LogP contribution in [0.25, 0.3) is 0 Å². The minimum Gasteiger partial charge on any atom is -0.481 e. The topological polar surface area (TPSA) is 70.3 Å². The minimum atomic E-state index is -0.189. The number of methoxy groups -OCH3 is 1. The van der Waals surface area contributed by atoms with Gasteiger partial charge in [-0.2, -0.15) is 4.98 Å². The van der Waals surface area contributed by atoms with Crippen LogP contribution < -0.4 is 9.47 Å². The molecule has 1 aromatic carbocycles. The number of nitrogens with zero attached hydrogens (tertiary/aromatic N) is 3. The fraction of sp³-hybridized carbons (Fsp3) is 0.316. The van der Waals surface area contributed by atoms with Gasteiger partial charge >= 0.3 is 0 Å². The van der Waals surface area contributed by atoms with E-state index in [1.807, 2.05) is 18.2 Å². The van der Waals surface area contributed by atoms with Crippen molar-refractivity contribution in [2.45, 2.75) is 32.3 Å². The second-order valence-electron chi connectivity index (χ2n) is 6.19. The summed E-state index contributed by atoms with van der Waals surface area (Å²) >= 11 is 0. The van der Waals surface area contributed by atoms with Gasteiger partial charge in [0, 0.05) is 18.7 Å². The van der Waals surface area contributed by atoms with E-state index in [0.717, 1.165) is 24.2 Å². The Kier molecular flexibility index (Phi) is 4.09. The zero-order valence-corrected chi connectivity index (χ0v) is 14.2. The van der Waals surface area contributed by atoms with Crippen LogP contribution in [-0.4, -0.2) is 22.2 Å². The molecule has 128 valence electrons. The van der Waals surface area contributed by atoms with Crippen LogP contribution in [0.15, 0.2) is 41.1 Å². The summed E-state index contributed by atoms with van der Waals surface area (Å²) in [5.41, 5.74) is 3.48. The maximum atomic E-state index is 6.04. The molecule has 1 unspecified atom stereocenters. The van der Waals surface area contributed by atoms with Gasteiger partial charge < -0.3 is 14.0 Å². The first-order chi connectivity index (χ1) is 12.2. The predicted molar refractivity (Wildman–Crippen MR) is 90.8 cm³/mol. The van der Waals surface area contributed by atoms with Gasteiger partial charge in [-0.25, -0.2) is 4.98 Å². The first-order valence-electron chi connectivity index (χ1n) is 8.29. The number of hydrogen-bond donors (Lipinski definition) is 0. The first kappa shape index (κ1) is 15.6. The van der Waals surface area contributed by atoms with Crippen LogP contribution >= 0.6 is 0 Å². The van der Waals surface area contributed by atoms with Gasteiger partial charge in [0.1, 0.15) is 5.75 Å². The summed E-state index contributed by atoms with van der Waals surface area (Å²) in [5.74, 6) is 2.64. The van der Waals surface area contributed by atoms with Gasteiger partial charge in [0.25, 0.3) is 5.89 Å². The highest BCUT2D eigenvalue weighted by molar-refractivity contribution is 5.38. The SMILES string of the molecule is COc1ccc(Cc2noc(C3CCc4cc(C)ccc4O3)n2)cn1. The highest BCUT2D eigenvalue weighted by Gasteiger charge is 2.26. The maximum absolute atomic E-state index is 6.04. The third-order valence-electron chi connectivity index (χ3n) is 4.29. The Morgan fingerprint density at radius 2 is 2.16 bits per heavy atom. The molecule has 0 saturated heterocycles. The van der Waals surface area contributed by atoms with Gasteiger partial charge in [-0.05, 0) is 37.0 Å². The molecule has 1 aliphatic heterocycles. The Balaban J connectivity index is 1.47. The van der Waals surface area contributed by atoms with Crippen molar-refractivity contribution in [1.29, 1.82) is 0 Å². The quantitative estimate of drug-likeness (QED) is 0.726. The highest BCUT2D eigenvalue weighted by atomic mass is 16.5. The molecule has 0 spiro atoms. The number of aromatic nitrogens is 3. The minimum absolute atomic E-state index is 0.189. The summed E-state index contributed by atoms with van der Waals surface area (Å²) in [6.07, 6.45) is 3.91. The van der Waals surface area contributed by atoms with Gasteiger partial charge in [-0.1, -0.05) is 28.9 Å². The molecule has 2 aromatic heterocycles. The van der Waals surface area contributed by atoms with Crippen molar-refractivity contribution < 1.29 is 14.0 Å². The number of hydrogen-bond acceptors (Lipinski definition) is 6. The van der Waals surface area contributed by atoms with Crippen LogP contribution in [-0.2, 0) is 12.8 Å². The molecule has 1 aliphatic rings. The van der Waals surface area contributed by atoms with Crippen molar-refractivity contribution in [3.05, 3.63) is 64.9 Å². The van der Waals surface area contributed by atoms with E-state index >= 15 is 0 Å². The molecule has 0 bridgehead atoms. The van der Waals surface area contributed by atoms with E-state index in [2.05, 4.69) is 34.2 Å². The van der Waals surface area contributed by atoms with E-state index < -0.39 is 0 Å². The lowest BCUT2D eigenvalue weighted by molar-refractivity contribution is 0.135. The molecule has 0 saturated carbocycles. The second-order valence-corrected chi connectivity index (χ2v) is 6.19. The summed E-state index contributed by atoms with van der Waals surface area (Å²) in [4.78, 5) is 8.69. The van der Waals surface area contributed by atoms with Crippen LogP contribution in [0.4, 0.5) is 0 Å². The van der Waals surface area contributed by atoms with Gasteiger partial charge in [0.2, 0.25) is 5.88 Å². The van der Waals surface area contributed by atoms with Crippen LogP contribution in [0.3, 0.4) is 0 Å². The van der Waals surface area contributed by atoms with Crippen molar-refractivity contribution in [3.63, 3.8) is 0 Å². The van der Waals surface area contributed by atoms with E-state index in [4.69, 9.17) is 14.0 Å². The molecule has 25 heavy (non-hydrogen) atoms. The highest BCUT2D eigenvalue weighted by Crippen LogP contribution is 2.34. The Bertz CT molecular complexity index is 874. The Hall–Kier alpha value is -2.89. The smallest absolute Gasteiger partial charge is 0.267 e. The molecule has 6 nitrogen and oxygen atoms in total. The van der Waals surface area contributed by atoms with Gasteiger partial charge in [-0.15, -0.1) is 0 Å². The summed E-state index contributed by atoms with van der Waals surface area (Å²) in [6, 6.07) is 9.99. The van der Waals surface area contributed by atoms with Gasteiger partial charge in [0.15, 0.2) is 11.9 Å². The molecule has 0 radical (unpaired) electrons. The number of rotatable bonds is 4. The average molecular weight is 337 g/mol. The first-order valence-corrected chi connectivity index (χ1v) is 8.29. The lowest BCUT2D eigenvalue weighted by atomic mass is 10.0. The molecule has 0 fully saturated rings. The number of pyridine rings is 1. The molecule has 3 heterocycles. The number of aryl methyl sites for hydroxylation is 2. The van der Waals surface area contributed by atoms with E-state index in [-0.39, 0.29) is 6.10 Å². The largest absolute Gasteiger partial charge is 0.481 e. The Morgan fingerprint density at radius 3 is 2.96 bits per heavy atom. The third-order valence-corrected chi connectivity index (χ3v) is 4.29. The average Bonchev–Trinajstić information content (AvgIpc) is 3.10. The van der Waals surface area contributed by atoms with Crippen LogP contribution in [0.2, 0.25) is 0 Å². The zero-order valence-electron chi connectivity index (χ0n) is 14.2. The van der Waals surface area contributed by atoms with Crippen molar-refractivity contribution >= 4 is 0 Å². The van der Waals surface area contributed by atoms with Crippen molar-refractivity contribution in [1.82, 2.24) is 15.1 Å². The molecule has 0 amide bonds. The van der Waals surface area contributed by atoms with E-state index in [0.29, 0.717) is 24.0 Å². The molecule has 0 N–H and O–H groups in total. The van der Waals surface area contributed by atoms with Crippen molar-refractivity contribution in [3.8, 4) is 11.6 Å². The number of ether oxygens (including phenoxy) is 2. The van der Waals surface area contributed by atoms with Crippen molar-refractivity contribution in [2.24, 2.45) is 0 Å². The standard InChI is InChI=1S/C19H19N3O3/c1-12-3-6-15-14(9-12)5-7-16(24-15)19-21-17(22-25-19)10-13-4-8-18(23-2)20-11-13/h3-4,6,8-9,11,16H,5,7,10H2,1-2H3. The monoisotopic (exact) mass is 337 g/mol. The molecular weight excluding hydrogens is 318 g/mol. The molecule has 3 aromatic rings. The third kappa shape index (κ3) is 3.33. The summed E-state index contributed by atoms with van der Waals surface area (Å²) < 4.78 is 16.5. The number of fused-ring (bicyclic) bond motifs is 1. The lowest BCUT2D eigenvalue weighted by Crippen LogP contribution is -2.15. The van der Waals surface area contributed by atoms with Crippen LogP contribution in [0.1, 0.15) is 40.9 Å². The second kappa shape index (κ2) is 6.55. The van der Waals surface area contributed by atoms with Crippen molar-refractivity contribution in [2.75, 3.05) is 7.11 Å².